The van der Waals surface area contributed by atoms with Crippen molar-refractivity contribution in [3.63, 3.8) is 0 Å². The van der Waals surface area contributed by atoms with Gasteiger partial charge in [-0.1, -0.05) is 49.9 Å². The lowest BCUT2D eigenvalue weighted by molar-refractivity contribution is 0.00578. The Kier molecular flexibility index (Phi) is 7.13. The predicted octanol–water partition coefficient (Wildman–Crippen LogP) is 5.02. The van der Waals surface area contributed by atoms with Crippen molar-refractivity contribution >= 4 is 12.6 Å². The average molecular weight is 368 g/mol. The second-order valence-corrected chi connectivity index (χ2v) is 7.95. The van der Waals surface area contributed by atoms with E-state index in [1.807, 2.05) is 24.3 Å². The van der Waals surface area contributed by atoms with Crippen LogP contribution in [0.3, 0.4) is 0 Å². The van der Waals surface area contributed by atoms with Crippen LogP contribution in [0.25, 0.3) is 0 Å². The average Bonchev–Trinajstić information content (AvgIpc) is 2.84. The normalized spacial score (nSPS) is 17.4. The number of rotatable bonds is 7. The van der Waals surface area contributed by atoms with E-state index in [0.717, 1.165) is 37.1 Å². The summed E-state index contributed by atoms with van der Waals surface area (Å²) in [4.78, 5) is 0. The summed E-state index contributed by atoms with van der Waals surface area (Å²) in [6.45, 7) is 9.02. The van der Waals surface area contributed by atoms with Gasteiger partial charge in [0.25, 0.3) is 0 Å². The Morgan fingerprint density at radius 1 is 0.815 bits per heavy atom. The van der Waals surface area contributed by atoms with Crippen LogP contribution in [0.5, 0.6) is 5.75 Å². The van der Waals surface area contributed by atoms with Crippen LogP contribution in [0.15, 0.2) is 54.6 Å². The Labute approximate surface area is 165 Å². The molecule has 2 aromatic carbocycles. The Morgan fingerprint density at radius 3 is 2.00 bits per heavy atom. The number of ether oxygens (including phenoxy) is 1. The Hall–Kier alpha value is -1.78. The second kappa shape index (κ2) is 8.94. The van der Waals surface area contributed by atoms with Crippen molar-refractivity contribution in [3.8, 4) is 5.75 Å². The molecule has 0 aromatic heterocycles. The van der Waals surface area contributed by atoms with Gasteiger partial charge in [0, 0.05) is 0 Å². The molecule has 0 unspecified atom stereocenters. The first kappa shape index (κ1) is 21.5. The minimum atomic E-state index is -0.320. The molecule has 1 aliphatic heterocycles. The zero-order valence-corrected chi connectivity index (χ0v) is 16.3. The molecule has 1 fully saturated rings. The van der Waals surface area contributed by atoms with Crippen LogP contribution in [-0.2, 0) is 15.7 Å². The van der Waals surface area contributed by atoms with Crippen LogP contribution in [0.4, 0.5) is 0 Å². The molecule has 4 heteroatoms. The van der Waals surface area contributed by atoms with Gasteiger partial charge in [-0.05, 0) is 70.1 Å². The zero-order chi connectivity index (χ0) is 18.6. The van der Waals surface area contributed by atoms with E-state index in [1.165, 1.54) is 5.56 Å². The van der Waals surface area contributed by atoms with E-state index in [-0.39, 0.29) is 25.7 Å². The van der Waals surface area contributed by atoms with Gasteiger partial charge >= 0.3 is 7.12 Å². The molecule has 0 N–H and O–H groups in total. The van der Waals surface area contributed by atoms with E-state index in [9.17, 15) is 0 Å². The quantitative estimate of drug-likeness (QED) is 0.507. The third-order valence-corrected chi connectivity index (χ3v) is 5.38. The highest BCUT2D eigenvalue weighted by Crippen LogP contribution is 2.36. The van der Waals surface area contributed by atoms with Crippen molar-refractivity contribution < 1.29 is 14.0 Å². The summed E-state index contributed by atoms with van der Waals surface area (Å²) in [5.74, 6) is 0.893. The summed E-state index contributed by atoms with van der Waals surface area (Å²) < 4.78 is 18.0. The fraction of sp³-hybridized carbons (Fsp3) is 0.478. The summed E-state index contributed by atoms with van der Waals surface area (Å²) >= 11 is 0. The number of aryl methyl sites for hydroxylation is 1. The molecular weight excluding hydrogens is 335 g/mol. The molecule has 0 radical (unpaired) electrons. The summed E-state index contributed by atoms with van der Waals surface area (Å²) in [5.41, 5.74) is 1.79. The number of unbranched alkanes of at least 4 members (excludes halogenated alkanes) is 1. The van der Waals surface area contributed by atoms with Gasteiger partial charge in [0.15, 0.2) is 0 Å². The van der Waals surface area contributed by atoms with Crippen LogP contribution in [-0.4, -0.2) is 24.9 Å². The standard InChI is InChI=1S/C22H29BO3.CH4/c1-21(2)22(3,4)26-23(25-21)19-13-15-20(16-14-19)24-17-9-8-12-18-10-6-5-7-11-18;/h5-7,10-11,13-16H,8-9,12,17H2,1-4H3;1H4. The summed E-state index contributed by atoms with van der Waals surface area (Å²) in [5, 5.41) is 0. The molecule has 146 valence electrons. The number of hydrogen-bond donors (Lipinski definition) is 0. The fourth-order valence-corrected chi connectivity index (χ4v) is 2.97. The Bertz CT molecular complexity index is 679. The summed E-state index contributed by atoms with van der Waals surface area (Å²) in [6, 6.07) is 18.6. The van der Waals surface area contributed by atoms with E-state index in [0.29, 0.717) is 0 Å². The SMILES string of the molecule is C.CC1(C)OB(c2ccc(OCCCCc3ccccc3)cc2)OC1(C)C. The van der Waals surface area contributed by atoms with Crippen molar-refractivity contribution in [2.24, 2.45) is 0 Å². The summed E-state index contributed by atoms with van der Waals surface area (Å²) in [6.07, 6.45) is 3.29. The van der Waals surface area contributed by atoms with Crippen LogP contribution >= 0.6 is 0 Å². The molecule has 3 rings (SSSR count). The highest BCUT2D eigenvalue weighted by molar-refractivity contribution is 6.62. The van der Waals surface area contributed by atoms with E-state index >= 15 is 0 Å². The molecule has 3 nitrogen and oxygen atoms in total. The van der Waals surface area contributed by atoms with E-state index < -0.39 is 0 Å². The van der Waals surface area contributed by atoms with Crippen LogP contribution < -0.4 is 10.2 Å². The molecule has 0 bridgehead atoms. The topological polar surface area (TPSA) is 27.7 Å². The lowest BCUT2D eigenvalue weighted by Crippen LogP contribution is -2.41. The molecule has 1 saturated heterocycles. The maximum absolute atomic E-state index is 6.08. The molecule has 0 saturated carbocycles. The molecule has 27 heavy (non-hydrogen) atoms. The van der Waals surface area contributed by atoms with Gasteiger partial charge in [-0.15, -0.1) is 0 Å². The van der Waals surface area contributed by atoms with Gasteiger partial charge in [0.2, 0.25) is 0 Å². The van der Waals surface area contributed by atoms with Gasteiger partial charge in [-0.2, -0.15) is 0 Å². The molecule has 1 heterocycles. The smallest absolute Gasteiger partial charge is 0.494 e. The van der Waals surface area contributed by atoms with Gasteiger partial charge < -0.3 is 14.0 Å². The van der Waals surface area contributed by atoms with Crippen LogP contribution in [0.1, 0.15) is 53.5 Å². The molecule has 1 aliphatic rings. The largest absolute Gasteiger partial charge is 0.494 e. The van der Waals surface area contributed by atoms with Crippen molar-refractivity contribution in [1.29, 1.82) is 0 Å². The van der Waals surface area contributed by atoms with Crippen molar-refractivity contribution in [2.45, 2.75) is 65.6 Å². The Morgan fingerprint density at radius 2 is 1.41 bits per heavy atom. The van der Waals surface area contributed by atoms with Crippen LogP contribution in [0, 0.1) is 0 Å². The highest BCUT2D eigenvalue weighted by Gasteiger charge is 2.51. The zero-order valence-electron chi connectivity index (χ0n) is 16.3. The summed E-state index contributed by atoms with van der Waals surface area (Å²) in [7, 11) is -0.320. The maximum Gasteiger partial charge on any atom is 0.494 e. The van der Waals surface area contributed by atoms with E-state index in [1.54, 1.807) is 0 Å². The Balaban J connectivity index is 0.00000261. The fourth-order valence-electron chi connectivity index (χ4n) is 2.97. The molecule has 0 aliphatic carbocycles. The molecule has 2 aromatic rings. The molecular formula is C23H33BO3. The van der Waals surface area contributed by atoms with Gasteiger partial charge in [0.1, 0.15) is 5.75 Å². The lowest BCUT2D eigenvalue weighted by Gasteiger charge is -2.32. The second-order valence-electron chi connectivity index (χ2n) is 7.95. The van der Waals surface area contributed by atoms with Crippen molar-refractivity contribution in [1.82, 2.24) is 0 Å². The van der Waals surface area contributed by atoms with Crippen molar-refractivity contribution in [2.75, 3.05) is 6.61 Å². The maximum atomic E-state index is 6.08. The molecule has 0 amide bonds. The first-order valence-corrected chi connectivity index (χ1v) is 9.50. The first-order valence-electron chi connectivity index (χ1n) is 9.50. The third kappa shape index (κ3) is 5.37. The monoisotopic (exact) mass is 368 g/mol. The highest BCUT2D eigenvalue weighted by atomic mass is 16.7. The van der Waals surface area contributed by atoms with Crippen molar-refractivity contribution in [3.05, 3.63) is 60.2 Å². The minimum absolute atomic E-state index is 0. The first-order chi connectivity index (χ1) is 12.4. The van der Waals surface area contributed by atoms with E-state index in [4.69, 9.17) is 14.0 Å². The number of benzene rings is 2. The molecule has 0 spiro atoms. The third-order valence-electron chi connectivity index (χ3n) is 5.38. The number of hydrogen-bond acceptors (Lipinski definition) is 3. The minimum Gasteiger partial charge on any atom is -0.494 e. The van der Waals surface area contributed by atoms with Crippen LogP contribution in [0.2, 0.25) is 0 Å². The molecule has 0 atom stereocenters. The predicted molar refractivity (Wildman–Crippen MR) is 114 cm³/mol. The van der Waals surface area contributed by atoms with Gasteiger partial charge in [-0.25, -0.2) is 0 Å². The van der Waals surface area contributed by atoms with Gasteiger partial charge in [0.05, 0.1) is 17.8 Å². The van der Waals surface area contributed by atoms with E-state index in [2.05, 4.69) is 58.0 Å². The van der Waals surface area contributed by atoms with Gasteiger partial charge in [-0.3, -0.25) is 0 Å². The lowest BCUT2D eigenvalue weighted by atomic mass is 9.79.